The number of nitrogens with zero attached hydrogens (tertiary/aromatic N) is 1. The Kier molecular flexibility index (Phi) is 1.98. The fraction of sp³-hybridized carbons (Fsp3) is 0. The number of H-pyrrole nitrogens is 1. The highest BCUT2D eigenvalue weighted by Crippen LogP contribution is 2.23. The molecular weight excluding hydrogens is 184 g/mol. The van der Waals surface area contributed by atoms with Crippen LogP contribution < -0.4 is 0 Å². The summed E-state index contributed by atoms with van der Waals surface area (Å²) in [6, 6.07) is 9.56. The van der Waals surface area contributed by atoms with Gasteiger partial charge in [-0.15, -0.1) is 12.6 Å². The third-order valence-electron chi connectivity index (χ3n) is 1.71. The second-order valence-electron chi connectivity index (χ2n) is 2.62. The number of benzene rings is 1. The van der Waals surface area contributed by atoms with Gasteiger partial charge in [0.1, 0.15) is 5.82 Å². The van der Waals surface area contributed by atoms with E-state index in [1.54, 1.807) is 0 Å². The first-order valence-corrected chi connectivity index (χ1v) is 4.25. The highest BCUT2D eigenvalue weighted by Gasteiger charge is 2.05. The molecule has 0 aliphatic rings. The molecule has 0 bridgehead atoms. The van der Waals surface area contributed by atoms with Gasteiger partial charge in [-0.25, -0.2) is 4.98 Å². The van der Waals surface area contributed by atoms with Crippen LogP contribution >= 0.6 is 12.6 Å². The van der Waals surface area contributed by atoms with Gasteiger partial charge in [0, 0.05) is 5.56 Å². The number of aromatic amines is 1. The van der Waals surface area contributed by atoms with Crippen LogP contribution in [-0.4, -0.2) is 15.1 Å². The van der Waals surface area contributed by atoms with Crippen LogP contribution in [0, 0.1) is 0 Å². The van der Waals surface area contributed by atoms with Crippen LogP contribution in [0.4, 0.5) is 0 Å². The Balaban J connectivity index is 2.48. The maximum absolute atomic E-state index is 9.21. The van der Waals surface area contributed by atoms with Crippen LogP contribution in [0.2, 0.25) is 0 Å². The number of imidazole rings is 1. The van der Waals surface area contributed by atoms with E-state index < -0.39 is 0 Å². The van der Waals surface area contributed by atoms with Gasteiger partial charge in [0.05, 0.1) is 0 Å². The number of hydrogen-bond donors (Lipinski definition) is 3. The molecule has 0 saturated heterocycles. The van der Waals surface area contributed by atoms with Crippen molar-refractivity contribution >= 4 is 12.6 Å². The molecule has 0 unspecified atom stereocenters. The molecule has 4 heteroatoms. The molecule has 2 aromatic rings. The van der Waals surface area contributed by atoms with Crippen molar-refractivity contribution in [3.8, 4) is 17.3 Å². The van der Waals surface area contributed by atoms with E-state index in [1.807, 2.05) is 30.3 Å². The van der Waals surface area contributed by atoms with Crippen LogP contribution in [0.25, 0.3) is 11.4 Å². The van der Waals surface area contributed by atoms with E-state index in [0.717, 1.165) is 5.56 Å². The van der Waals surface area contributed by atoms with Crippen molar-refractivity contribution in [2.45, 2.75) is 5.03 Å². The van der Waals surface area contributed by atoms with Crippen molar-refractivity contribution in [3.05, 3.63) is 30.3 Å². The quantitative estimate of drug-likeness (QED) is 0.606. The Bertz CT molecular complexity index is 391. The zero-order valence-corrected chi connectivity index (χ0v) is 7.62. The lowest BCUT2D eigenvalue weighted by atomic mass is 10.2. The number of rotatable bonds is 1. The highest BCUT2D eigenvalue weighted by molar-refractivity contribution is 7.80. The van der Waals surface area contributed by atoms with Gasteiger partial charge >= 0.3 is 0 Å². The van der Waals surface area contributed by atoms with E-state index >= 15 is 0 Å². The van der Waals surface area contributed by atoms with Crippen molar-refractivity contribution in [2.24, 2.45) is 0 Å². The molecule has 0 atom stereocenters. The van der Waals surface area contributed by atoms with Gasteiger partial charge in [-0.05, 0) is 0 Å². The Morgan fingerprint density at radius 1 is 1.23 bits per heavy atom. The number of aromatic nitrogens is 2. The lowest BCUT2D eigenvalue weighted by molar-refractivity contribution is 0.443. The maximum Gasteiger partial charge on any atom is 0.223 e. The molecule has 0 aliphatic heterocycles. The SMILES string of the molecule is Oc1[nH]c(-c2ccccc2)nc1S. The van der Waals surface area contributed by atoms with Gasteiger partial charge in [0.2, 0.25) is 5.88 Å². The van der Waals surface area contributed by atoms with Gasteiger partial charge < -0.3 is 10.1 Å². The molecule has 66 valence electrons. The minimum absolute atomic E-state index is 0.00202. The van der Waals surface area contributed by atoms with E-state index in [-0.39, 0.29) is 5.88 Å². The summed E-state index contributed by atoms with van der Waals surface area (Å²) in [6.45, 7) is 0. The lowest BCUT2D eigenvalue weighted by Crippen LogP contribution is -1.78. The van der Waals surface area contributed by atoms with Crippen LogP contribution in [0.15, 0.2) is 35.4 Å². The summed E-state index contributed by atoms with van der Waals surface area (Å²) in [5.74, 6) is 0.630. The molecule has 2 N–H and O–H groups in total. The molecule has 0 radical (unpaired) electrons. The summed E-state index contributed by atoms with van der Waals surface area (Å²) in [5, 5.41) is 9.53. The molecule has 0 spiro atoms. The zero-order valence-electron chi connectivity index (χ0n) is 6.73. The first-order valence-electron chi connectivity index (χ1n) is 3.81. The van der Waals surface area contributed by atoms with Gasteiger partial charge in [0.25, 0.3) is 0 Å². The van der Waals surface area contributed by atoms with Crippen LogP contribution in [-0.2, 0) is 0 Å². The number of aromatic hydroxyl groups is 1. The smallest absolute Gasteiger partial charge is 0.223 e. The van der Waals surface area contributed by atoms with Crippen molar-refractivity contribution in [1.29, 1.82) is 0 Å². The summed E-state index contributed by atoms with van der Waals surface area (Å²) >= 11 is 3.98. The predicted octanol–water partition coefficient (Wildman–Crippen LogP) is 2.07. The van der Waals surface area contributed by atoms with Crippen molar-refractivity contribution < 1.29 is 5.11 Å². The van der Waals surface area contributed by atoms with Gasteiger partial charge in [0.15, 0.2) is 5.03 Å². The van der Waals surface area contributed by atoms with E-state index in [9.17, 15) is 5.11 Å². The number of hydrogen-bond acceptors (Lipinski definition) is 3. The average Bonchev–Trinajstić information content (AvgIpc) is 2.49. The highest BCUT2D eigenvalue weighted by atomic mass is 32.1. The first kappa shape index (κ1) is 8.19. The molecule has 0 fully saturated rings. The molecule has 1 aromatic heterocycles. The number of nitrogens with one attached hydrogen (secondary N) is 1. The normalized spacial score (nSPS) is 10.2. The minimum Gasteiger partial charge on any atom is -0.493 e. The molecule has 1 heterocycles. The topological polar surface area (TPSA) is 48.9 Å². The van der Waals surface area contributed by atoms with E-state index in [4.69, 9.17) is 0 Å². The second kappa shape index (κ2) is 3.14. The Labute approximate surface area is 80.9 Å². The Morgan fingerprint density at radius 3 is 2.46 bits per heavy atom. The van der Waals surface area contributed by atoms with Crippen molar-refractivity contribution in [2.75, 3.05) is 0 Å². The van der Waals surface area contributed by atoms with Gasteiger partial charge in [-0.2, -0.15) is 0 Å². The zero-order chi connectivity index (χ0) is 9.26. The fourth-order valence-corrected chi connectivity index (χ4v) is 1.24. The Hall–Kier alpha value is -1.42. The van der Waals surface area contributed by atoms with Gasteiger partial charge in [-0.1, -0.05) is 30.3 Å². The third-order valence-corrected chi connectivity index (χ3v) is 2.03. The predicted molar refractivity (Wildman–Crippen MR) is 52.9 cm³/mol. The molecule has 2 rings (SSSR count). The standard InChI is InChI=1S/C9H8N2OS/c12-8-9(13)11-7(10-8)6-4-2-1-3-5-6/h1-5,12-13H,(H,10,11). The van der Waals surface area contributed by atoms with Crippen LogP contribution in [0.3, 0.4) is 0 Å². The fourth-order valence-electron chi connectivity index (χ4n) is 1.09. The summed E-state index contributed by atoms with van der Waals surface area (Å²) < 4.78 is 0. The van der Waals surface area contributed by atoms with E-state index in [0.29, 0.717) is 10.9 Å². The van der Waals surface area contributed by atoms with Crippen molar-refractivity contribution in [1.82, 2.24) is 9.97 Å². The molecule has 1 aromatic carbocycles. The maximum atomic E-state index is 9.21. The summed E-state index contributed by atoms with van der Waals surface area (Å²) in [5.41, 5.74) is 0.929. The molecule has 0 aliphatic carbocycles. The second-order valence-corrected chi connectivity index (χ2v) is 3.05. The van der Waals surface area contributed by atoms with Crippen LogP contribution in [0.1, 0.15) is 0 Å². The first-order chi connectivity index (χ1) is 6.27. The molecular formula is C9H8N2OS. The molecule has 0 amide bonds. The molecule has 0 saturated carbocycles. The summed E-state index contributed by atoms with van der Waals surface area (Å²) in [7, 11) is 0. The monoisotopic (exact) mass is 192 g/mol. The largest absolute Gasteiger partial charge is 0.493 e. The third kappa shape index (κ3) is 1.53. The molecule has 3 nitrogen and oxygen atoms in total. The lowest BCUT2D eigenvalue weighted by Gasteiger charge is -1.93. The number of thiol groups is 1. The summed E-state index contributed by atoms with van der Waals surface area (Å²) in [4.78, 5) is 6.77. The van der Waals surface area contributed by atoms with Crippen molar-refractivity contribution in [3.63, 3.8) is 0 Å². The molecule has 13 heavy (non-hydrogen) atoms. The minimum atomic E-state index is 0.00202. The Morgan fingerprint density at radius 2 is 1.92 bits per heavy atom. The van der Waals surface area contributed by atoms with E-state index in [2.05, 4.69) is 22.6 Å². The average molecular weight is 192 g/mol. The summed E-state index contributed by atoms with van der Waals surface area (Å²) in [6.07, 6.45) is 0. The van der Waals surface area contributed by atoms with Crippen LogP contribution in [0.5, 0.6) is 5.88 Å². The van der Waals surface area contributed by atoms with Gasteiger partial charge in [-0.3, -0.25) is 0 Å². The van der Waals surface area contributed by atoms with E-state index in [1.165, 1.54) is 0 Å².